The minimum absolute atomic E-state index is 0.577. The average molecular weight is 364 g/mol. The van der Waals surface area contributed by atoms with Gasteiger partial charge in [-0.3, -0.25) is 0 Å². The first kappa shape index (κ1) is 11.5. The number of nitrogens with zero attached hydrogens (tertiary/aromatic N) is 2. The Balaban J connectivity index is 3.81. The average Bonchev–Trinajstić information content (AvgIpc) is 1.84. The van der Waals surface area contributed by atoms with E-state index in [1.54, 1.807) is 0 Å². The Bertz CT molecular complexity index is 89.3. The summed E-state index contributed by atoms with van der Waals surface area (Å²) in [5.41, 5.74) is 0. The van der Waals surface area contributed by atoms with Gasteiger partial charge in [-0.25, -0.2) is 0 Å². The first-order chi connectivity index (χ1) is 4.46. The van der Waals surface area contributed by atoms with E-state index in [4.69, 9.17) is 0 Å². The molecule has 0 aromatic rings. The van der Waals surface area contributed by atoms with Gasteiger partial charge >= 0.3 is 0 Å². The predicted molar refractivity (Wildman–Crippen MR) is 66.9 cm³/mol. The second-order valence-electron chi connectivity index (χ2n) is 2.67. The second kappa shape index (κ2) is 5.21. The molecule has 0 amide bonds. The number of halogens is 2. The molecule has 0 rings (SSSR count). The Hall–Kier alpha value is 1.51. The minimum Gasteiger partial charge on any atom is -0.342 e. The summed E-state index contributed by atoms with van der Waals surface area (Å²) in [4.78, 5) is 4.44. The standard InChI is InChI=1S/C4H12B2I2N2/c1-9(2)5(7)6(8)10(3)4/h1-4H3. The van der Waals surface area contributed by atoms with Crippen molar-refractivity contribution in [3.05, 3.63) is 0 Å². The fourth-order valence-electron chi connectivity index (χ4n) is 0.492. The van der Waals surface area contributed by atoms with Crippen LogP contribution in [0.15, 0.2) is 0 Å². The summed E-state index contributed by atoms with van der Waals surface area (Å²) in [5.74, 6) is 0. The first-order valence-electron chi connectivity index (χ1n) is 3.08. The maximum Gasteiger partial charge on any atom is 0.295 e. The van der Waals surface area contributed by atoms with Gasteiger partial charge in [0.1, 0.15) is 0 Å². The zero-order valence-corrected chi connectivity index (χ0v) is 11.1. The third kappa shape index (κ3) is 3.77. The first-order valence-corrected chi connectivity index (χ1v) is 5.57. The smallest absolute Gasteiger partial charge is 0.295 e. The third-order valence-corrected chi connectivity index (χ3v) is 6.18. The van der Waals surface area contributed by atoms with Crippen molar-refractivity contribution in [3.63, 3.8) is 0 Å². The normalized spacial score (nSPS) is 10.8. The van der Waals surface area contributed by atoms with Gasteiger partial charge in [-0.05, 0) is 28.2 Å². The molecule has 0 fully saturated rings. The van der Waals surface area contributed by atoms with Crippen LogP contribution in [0.4, 0.5) is 0 Å². The van der Waals surface area contributed by atoms with E-state index in [2.05, 4.69) is 82.6 Å². The molecule has 0 radical (unpaired) electrons. The van der Waals surface area contributed by atoms with E-state index in [0.717, 1.165) is 0 Å². The fourth-order valence-corrected chi connectivity index (χ4v) is 1.78. The van der Waals surface area contributed by atoms with Crippen LogP contribution >= 0.6 is 44.7 Å². The van der Waals surface area contributed by atoms with Gasteiger partial charge in [0, 0.05) is 0 Å². The van der Waals surface area contributed by atoms with Gasteiger partial charge in [-0.15, -0.1) is 44.7 Å². The van der Waals surface area contributed by atoms with Crippen LogP contribution in [-0.4, -0.2) is 47.0 Å². The summed E-state index contributed by atoms with van der Waals surface area (Å²) in [6.07, 6.45) is 0. The molecule has 0 saturated carbocycles. The van der Waals surface area contributed by atoms with Gasteiger partial charge in [0.15, 0.2) is 0 Å². The maximum atomic E-state index is 2.45. The summed E-state index contributed by atoms with van der Waals surface area (Å²) in [6, 6.07) is 0. The van der Waals surface area contributed by atoms with Crippen LogP contribution in [0.3, 0.4) is 0 Å². The number of hydrogen-bond acceptors (Lipinski definition) is 2. The Kier molecular flexibility index (Phi) is 5.99. The lowest BCUT2D eigenvalue weighted by Crippen LogP contribution is -2.47. The van der Waals surface area contributed by atoms with E-state index < -0.39 is 0 Å². The van der Waals surface area contributed by atoms with E-state index in [1.165, 1.54) is 0 Å². The van der Waals surface area contributed by atoms with E-state index >= 15 is 0 Å². The highest BCUT2D eigenvalue weighted by atomic mass is 127. The van der Waals surface area contributed by atoms with Crippen molar-refractivity contribution in [2.45, 2.75) is 0 Å². The highest BCUT2D eigenvalue weighted by Gasteiger charge is 2.28. The zero-order valence-electron chi connectivity index (χ0n) is 6.81. The summed E-state index contributed by atoms with van der Waals surface area (Å²) in [6.45, 7) is 0. The molecule has 0 atom stereocenters. The quantitative estimate of drug-likeness (QED) is 0.546. The van der Waals surface area contributed by atoms with Gasteiger partial charge in [-0.1, -0.05) is 0 Å². The van der Waals surface area contributed by atoms with E-state index in [-0.39, 0.29) is 0 Å². The highest BCUT2D eigenvalue weighted by molar-refractivity contribution is 14.2. The molecular weight excluding hydrogens is 351 g/mol. The Morgan fingerprint density at radius 3 is 1.10 bits per heavy atom. The Morgan fingerprint density at radius 1 is 0.800 bits per heavy atom. The van der Waals surface area contributed by atoms with Crippen LogP contribution in [0.1, 0.15) is 0 Å². The molecule has 0 heterocycles. The van der Waals surface area contributed by atoms with Crippen LogP contribution < -0.4 is 0 Å². The molecule has 0 aromatic heterocycles. The van der Waals surface area contributed by atoms with Crippen molar-refractivity contribution in [2.24, 2.45) is 0 Å². The number of rotatable bonds is 3. The van der Waals surface area contributed by atoms with Gasteiger partial charge in [0.05, 0.1) is 0 Å². The van der Waals surface area contributed by atoms with Crippen molar-refractivity contribution in [1.82, 2.24) is 9.62 Å². The lowest BCUT2D eigenvalue weighted by atomic mass is 9.53. The summed E-state index contributed by atoms with van der Waals surface area (Å²) >= 11 is 4.90. The Morgan fingerprint density at radius 2 is 1.00 bits per heavy atom. The molecule has 0 aliphatic rings. The van der Waals surface area contributed by atoms with Crippen LogP contribution in [0.25, 0.3) is 0 Å². The Labute approximate surface area is 91.0 Å². The third-order valence-electron chi connectivity index (χ3n) is 1.21. The second-order valence-corrected chi connectivity index (χ2v) is 5.22. The van der Waals surface area contributed by atoms with Crippen molar-refractivity contribution in [2.75, 3.05) is 28.2 Å². The van der Waals surface area contributed by atoms with Gasteiger partial charge in [0.25, 0.3) is 9.19 Å². The number of hydrogen-bond donors (Lipinski definition) is 0. The molecule has 0 aliphatic heterocycles. The molecule has 0 spiro atoms. The lowest BCUT2D eigenvalue weighted by Gasteiger charge is -2.22. The van der Waals surface area contributed by atoms with E-state index in [0.29, 0.717) is 9.19 Å². The van der Waals surface area contributed by atoms with Crippen LogP contribution in [0, 0.1) is 0 Å². The van der Waals surface area contributed by atoms with Gasteiger partial charge in [0.2, 0.25) is 0 Å². The minimum atomic E-state index is 0.577. The molecule has 6 heteroatoms. The zero-order chi connectivity index (χ0) is 8.31. The van der Waals surface area contributed by atoms with Crippen molar-refractivity contribution in [3.8, 4) is 0 Å². The monoisotopic (exact) mass is 364 g/mol. The molecule has 0 N–H and O–H groups in total. The highest BCUT2D eigenvalue weighted by Crippen LogP contribution is 2.10. The van der Waals surface area contributed by atoms with E-state index in [1.807, 2.05) is 0 Å². The van der Waals surface area contributed by atoms with Crippen molar-refractivity contribution in [1.29, 1.82) is 0 Å². The molecule has 0 bridgehead atoms. The van der Waals surface area contributed by atoms with Crippen molar-refractivity contribution >= 4 is 53.9 Å². The molecule has 10 heavy (non-hydrogen) atoms. The molecule has 58 valence electrons. The molecule has 0 unspecified atom stereocenters. The summed E-state index contributed by atoms with van der Waals surface area (Å²) < 4.78 is 1.15. The predicted octanol–water partition coefficient (Wildman–Crippen LogP) is 1.03. The fraction of sp³-hybridized carbons (Fsp3) is 1.00. The van der Waals surface area contributed by atoms with Crippen LogP contribution in [-0.2, 0) is 0 Å². The summed E-state index contributed by atoms with van der Waals surface area (Å²) in [5, 5.41) is 0. The SMILES string of the molecule is CN(C)B(I)B(I)N(C)C. The molecule has 0 aromatic carbocycles. The van der Waals surface area contributed by atoms with Crippen LogP contribution in [0.2, 0.25) is 0 Å². The maximum absolute atomic E-state index is 2.45. The topological polar surface area (TPSA) is 6.48 Å². The lowest BCUT2D eigenvalue weighted by molar-refractivity contribution is 0.644. The van der Waals surface area contributed by atoms with Crippen molar-refractivity contribution < 1.29 is 0 Å². The molecule has 2 nitrogen and oxygen atoms in total. The molecular formula is C4H12B2I2N2. The largest absolute Gasteiger partial charge is 0.342 e. The molecule has 0 saturated heterocycles. The van der Waals surface area contributed by atoms with Gasteiger partial charge in [-0.2, -0.15) is 0 Å². The molecule has 0 aliphatic carbocycles. The van der Waals surface area contributed by atoms with Gasteiger partial charge < -0.3 is 9.62 Å². The van der Waals surface area contributed by atoms with Crippen LogP contribution in [0.5, 0.6) is 0 Å². The summed E-state index contributed by atoms with van der Waals surface area (Å²) in [7, 11) is 8.41. The van der Waals surface area contributed by atoms with E-state index in [9.17, 15) is 0 Å².